The van der Waals surface area contributed by atoms with E-state index in [1.807, 2.05) is 0 Å². The second-order valence-corrected chi connectivity index (χ2v) is 5.47. The van der Waals surface area contributed by atoms with Gasteiger partial charge < -0.3 is 20.9 Å². The Morgan fingerprint density at radius 3 is 2.67 bits per heavy atom. The quantitative estimate of drug-likeness (QED) is 0.704. The minimum Gasteiger partial charge on any atom is -0.496 e. The van der Waals surface area contributed by atoms with E-state index in [1.54, 1.807) is 25.3 Å². The van der Waals surface area contributed by atoms with Gasteiger partial charge in [0.15, 0.2) is 0 Å². The van der Waals surface area contributed by atoms with Crippen LogP contribution in [0, 0.1) is 0 Å². The molecule has 0 atom stereocenters. The van der Waals surface area contributed by atoms with E-state index in [1.165, 1.54) is 12.1 Å². The monoisotopic (exact) mass is 370 g/mol. The summed E-state index contributed by atoms with van der Waals surface area (Å²) in [7, 11) is 1.56. The number of hydrogen-bond donors (Lipinski definition) is 3. The Kier molecular flexibility index (Phi) is 4.59. The molecule has 110 valence electrons. The van der Waals surface area contributed by atoms with Crippen LogP contribution in [0.15, 0.2) is 34.8 Å². The average Bonchev–Trinajstić information content (AvgIpc) is 2.41. The van der Waals surface area contributed by atoms with Gasteiger partial charge in [-0.15, -0.1) is 0 Å². The first-order valence-corrected chi connectivity index (χ1v) is 7.02. The molecule has 0 fully saturated rings. The van der Waals surface area contributed by atoms with E-state index in [4.69, 9.17) is 22.1 Å². The van der Waals surface area contributed by atoms with Gasteiger partial charge in [-0.2, -0.15) is 0 Å². The number of benzene rings is 2. The van der Waals surface area contributed by atoms with E-state index in [0.717, 1.165) is 4.47 Å². The molecule has 7 heteroatoms. The number of carboxylic acid groups (broad SMARTS) is 1. The molecular formula is C14H12BrClN2O3. The molecule has 0 amide bonds. The number of methoxy groups -OCH3 is 1. The van der Waals surface area contributed by atoms with Gasteiger partial charge in [0.2, 0.25) is 0 Å². The summed E-state index contributed by atoms with van der Waals surface area (Å²) in [5, 5.41) is 12.5. The topological polar surface area (TPSA) is 84.6 Å². The first-order chi connectivity index (χ1) is 9.92. The Balaban J connectivity index is 2.44. The lowest BCUT2D eigenvalue weighted by Crippen LogP contribution is -2.05. The third-order valence-corrected chi connectivity index (χ3v) is 3.68. The van der Waals surface area contributed by atoms with Crippen molar-refractivity contribution in [3.63, 3.8) is 0 Å². The van der Waals surface area contributed by atoms with Crippen LogP contribution in [0.4, 0.5) is 17.1 Å². The molecule has 0 aliphatic rings. The highest BCUT2D eigenvalue weighted by molar-refractivity contribution is 9.10. The maximum Gasteiger partial charge on any atom is 0.337 e. The fraction of sp³-hybridized carbons (Fsp3) is 0.0714. The largest absolute Gasteiger partial charge is 0.496 e. The number of nitrogen functional groups attached to an aromatic ring is 1. The SMILES string of the molecule is COc1ccc(Nc2c(Cl)cc(N)cc2C(=O)O)cc1Br. The second-order valence-electron chi connectivity index (χ2n) is 4.20. The van der Waals surface area contributed by atoms with E-state index in [-0.39, 0.29) is 16.3 Å². The van der Waals surface area contributed by atoms with Crippen molar-refractivity contribution in [2.45, 2.75) is 0 Å². The summed E-state index contributed by atoms with van der Waals surface area (Å²) in [5.74, 6) is -0.443. The lowest BCUT2D eigenvalue weighted by Gasteiger charge is -2.13. The Labute approximate surface area is 134 Å². The summed E-state index contributed by atoms with van der Waals surface area (Å²) in [5.41, 5.74) is 6.87. The normalized spacial score (nSPS) is 10.2. The lowest BCUT2D eigenvalue weighted by molar-refractivity contribution is 0.0698. The molecule has 2 aromatic carbocycles. The van der Waals surface area contributed by atoms with E-state index in [0.29, 0.717) is 17.1 Å². The summed E-state index contributed by atoms with van der Waals surface area (Å²) >= 11 is 9.45. The van der Waals surface area contributed by atoms with Crippen LogP contribution in [-0.2, 0) is 0 Å². The van der Waals surface area contributed by atoms with Crippen LogP contribution < -0.4 is 15.8 Å². The minimum atomic E-state index is -1.11. The van der Waals surface area contributed by atoms with E-state index in [2.05, 4.69) is 21.2 Å². The Morgan fingerprint density at radius 2 is 2.10 bits per heavy atom. The van der Waals surface area contributed by atoms with Crippen LogP contribution in [0.5, 0.6) is 5.75 Å². The molecule has 21 heavy (non-hydrogen) atoms. The van der Waals surface area contributed by atoms with Crippen LogP contribution in [0.3, 0.4) is 0 Å². The molecule has 0 radical (unpaired) electrons. The van der Waals surface area contributed by atoms with Crippen molar-refractivity contribution < 1.29 is 14.6 Å². The average molecular weight is 372 g/mol. The number of ether oxygens (including phenoxy) is 1. The van der Waals surface area contributed by atoms with Crippen LogP contribution in [0.25, 0.3) is 0 Å². The van der Waals surface area contributed by atoms with Crippen LogP contribution >= 0.6 is 27.5 Å². The van der Waals surface area contributed by atoms with E-state index < -0.39 is 5.97 Å². The maximum atomic E-state index is 11.3. The summed E-state index contributed by atoms with van der Waals surface area (Å²) in [6, 6.07) is 8.11. The fourth-order valence-electron chi connectivity index (χ4n) is 1.81. The zero-order valence-corrected chi connectivity index (χ0v) is 13.3. The third kappa shape index (κ3) is 3.40. The van der Waals surface area contributed by atoms with Crippen LogP contribution in [0.2, 0.25) is 5.02 Å². The van der Waals surface area contributed by atoms with E-state index >= 15 is 0 Å². The molecular weight excluding hydrogens is 360 g/mol. The number of nitrogens with two attached hydrogens (primary N) is 1. The van der Waals surface area contributed by atoms with Crippen molar-refractivity contribution in [3.05, 3.63) is 45.4 Å². The number of rotatable bonds is 4. The smallest absolute Gasteiger partial charge is 0.337 e. The number of carbonyl (C=O) groups is 1. The van der Waals surface area contributed by atoms with Gasteiger partial charge in [-0.25, -0.2) is 4.79 Å². The zero-order valence-electron chi connectivity index (χ0n) is 11.0. The van der Waals surface area contributed by atoms with Gasteiger partial charge in [-0.1, -0.05) is 11.6 Å². The number of hydrogen-bond acceptors (Lipinski definition) is 4. The van der Waals surface area contributed by atoms with Crippen LogP contribution in [-0.4, -0.2) is 18.2 Å². The Hall–Kier alpha value is -1.92. The third-order valence-electron chi connectivity index (χ3n) is 2.76. The predicted molar refractivity (Wildman–Crippen MR) is 86.8 cm³/mol. The van der Waals surface area contributed by atoms with Crippen molar-refractivity contribution >= 4 is 50.6 Å². The molecule has 5 nitrogen and oxygen atoms in total. The Morgan fingerprint density at radius 1 is 1.38 bits per heavy atom. The number of aromatic carboxylic acids is 1. The predicted octanol–water partition coefficient (Wildman–Crippen LogP) is 4.14. The summed E-state index contributed by atoms with van der Waals surface area (Å²) in [6.07, 6.45) is 0. The van der Waals surface area contributed by atoms with Crippen molar-refractivity contribution in [2.24, 2.45) is 0 Å². The highest BCUT2D eigenvalue weighted by atomic mass is 79.9. The van der Waals surface area contributed by atoms with Gasteiger partial charge in [0, 0.05) is 11.4 Å². The number of nitrogens with one attached hydrogen (secondary N) is 1. The molecule has 0 saturated heterocycles. The standard InChI is InChI=1S/C14H12BrClN2O3/c1-21-12-3-2-8(6-10(12)15)18-13-9(14(19)20)4-7(17)5-11(13)16/h2-6,18H,17H2,1H3,(H,19,20). The molecule has 0 bridgehead atoms. The van der Waals surface area contributed by atoms with Crippen molar-refractivity contribution in [2.75, 3.05) is 18.2 Å². The number of carboxylic acids is 1. The summed E-state index contributed by atoms with van der Waals surface area (Å²) in [6.45, 7) is 0. The molecule has 4 N–H and O–H groups in total. The first-order valence-electron chi connectivity index (χ1n) is 5.85. The van der Waals surface area contributed by atoms with Gasteiger partial charge in [0.1, 0.15) is 5.75 Å². The molecule has 0 aliphatic heterocycles. The molecule has 2 aromatic rings. The molecule has 2 rings (SSSR count). The van der Waals surface area contributed by atoms with Crippen molar-refractivity contribution in [3.8, 4) is 5.75 Å². The summed E-state index contributed by atoms with van der Waals surface area (Å²) < 4.78 is 5.87. The lowest BCUT2D eigenvalue weighted by atomic mass is 10.1. The molecule has 0 unspecified atom stereocenters. The fourth-order valence-corrected chi connectivity index (χ4v) is 2.63. The molecule has 0 saturated carbocycles. The highest BCUT2D eigenvalue weighted by Gasteiger charge is 2.15. The van der Waals surface area contributed by atoms with Gasteiger partial charge >= 0.3 is 5.97 Å². The second kappa shape index (κ2) is 6.24. The van der Waals surface area contributed by atoms with E-state index in [9.17, 15) is 9.90 Å². The first kappa shape index (κ1) is 15.5. The molecule has 0 spiro atoms. The summed E-state index contributed by atoms with van der Waals surface area (Å²) in [4.78, 5) is 11.3. The van der Waals surface area contributed by atoms with Gasteiger partial charge in [-0.3, -0.25) is 0 Å². The zero-order chi connectivity index (χ0) is 15.6. The number of anilines is 3. The molecule has 0 heterocycles. The Bertz CT molecular complexity index is 707. The highest BCUT2D eigenvalue weighted by Crippen LogP contribution is 2.34. The van der Waals surface area contributed by atoms with Crippen molar-refractivity contribution in [1.29, 1.82) is 0 Å². The maximum absolute atomic E-state index is 11.3. The van der Waals surface area contributed by atoms with Crippen LogP contribution in [0.1, 0.15) is 10.4 Å². The van der Waals surface area contributed by atoms with Gasteiger partial charge in [-0.05, 0) is 46.3 Å². The number of halogens is 2. The van der Waals surface area contributed by atoms with Gasteiger partial charge in [0.05, 0.1) is 27.9 Å². The minimum absolute atomic E-state index is 0.00643. The molecule has 0 aromatic heterocycles. The van der Waals surface area contributed by atoms with Crippen molar-refractivity contribution in [1.82, 2.24) is 0 Å². The molecule has 0 aliphatic carbocycles. The van der Waals surface area contributed by atoms with Gasteiger partial charge in [0.25, 0.3) is 0 Å².